The lowest BCUT2D eigenvalue weighted by molar-refractivity contribution is -0.261. The molecule has 1 aromatic carbocycles. The van der Waals surface area contributed by atoms with Gasteiger partial charge in [0.15, 0.2) is 0 Å². The fourth-order valence-electron chi connectivity index (χ4n) is 2.51. The first-order valence-corrected chi connectivity index (χ1v) is 7.70. The van der Waals surface area contributed by atoms with Gasteiger partial charge in [-0.05, 0) is 17.7 Å². The Morgan fingerprint density at radius 1 is 1.28 bits per heavy atom. The van der Waals surface area contributed by atoms with Gasteiger partial charge in [-0.25, -0.2) is 0 Å². The number of rotatable bonds is 5. The second-order valence-electron chi connectivity index (χ2n) is 5.64. The van der Waals surface area contributed by atoms with Crippen molar-refractivity contribution >= 4 is 18.0 Å². The van der Waals surface area contributed by atoms with Crippen molar-refractivity contribution in [3.05, 3.63) is 42.0 Å². The quantitative estimate of drug-likeness (QED) is 0.524. The Labute approximate surface area is 144 Å². The van der Waals surface area contributed by atoms with Gasteiger partial charge in [-0.1, -0.05) is 24.8 Å². The number of aliphatic hydroxyl groups excluding tert-OH is 3. The molecular formula is C17H21NO7. The third-order valence-electron chi connectivity index (χ3n) is 3.87. The van der Waals surface area contributed by atoms with Crippen LogP contribution in [0.4, 0.5) is 0 Å². The molecule has 8 heteroatoms. The summed E-state index contributed by atoms with van der Waals surface area (Å²) >= 11 is 0. The van der Waals surface area contributed by atoms with Crippen molar-refractivity contribution < 1.29 is 34.4 Å². The molecule has 0 spiro atoms. The van der Waals surface area contributed by atoms with Crippen molar-refractivity contribution in [2.24, 2.45) is 0 Å². The van der Waals surface area contributed by atoms with Crippen LogP contribution in [0.1, 0.15) is 22.8 Å². The number of nitrogens with one attached hydrogen (secondary N) is 1. The average molecular weight is 351 g/mol. The van der Waals surface area contributed by atoms with Crippen LogP contribution in [0.3, 0.4) is 0 Å². The molecule has 0 bridgehead atoms. The second kappa shape index (κ2) is 8.21. The Bertz CT molecular complexity index is 630. The minimum Gasteiger partial charge on any atom is -0.434 e. The highest BCUT2D eigenvalue weighted by Gasteiger charge is 2.46. The van der Waals surface area contributed by atoms with Crippen LogP contribution in [0.5, 0.6) is 0 Å². The molecule has 136 valence electrons. The molecule has 0 aromatic heterocycles. The monoisotopic (exact) mass is 351 g/mol. The number of ether oxygens (including phenoxy) is 2. The predicted octanol–water partition coefficient (Wildman–Crippen LogP) is -0.570. The number of amides is 1. The summed E-state index contributed by atoms with van der Waals surface area (Å²) in [7, 11) is 0. The van der Waals surface area contributed by atoms with Gasteiger partial charge < -0.3 is 30.1 Å². The van der Waals surface area contributed by atoms with Gasteiger partial charge in [-0.15, -0.1) is 0 Å². The van der Waals surface area contributed by atoms with E-state index >= 15 is 0 Å². The van der Waals surface area contributed by atoms with Gasteiger partial charge in [0, 0.05) is 12.5 Å². The van der Waals surface area contributed by atoms with Gasteiger partial charge in [-0.2, -0.15) is 0 Å². The standard InChI is InChI=1S/C17H21NO7/c1-3-10-4-6-11(7-5-10)16(23)18-13-15(22)14(21)12(8-19)25-17(13)24-9(2)20/h3-7,12-15,17,19,21-22H,1,8H2,2H3,(H,18,23)/t12-,13-,14-,15-,17?/m1/s1. The van der Waals surface area contributed by atoms with Gasteiger partial charge in [0.25, 0.3) is 5.91 Å². The Morgan fingerprint density at radius 2 is 1.92 bits per heavy atom. The Morgan fingerprint density at radius 3 is 2.44 bits per heavy atom. The third-order valence-corrected chi connectivity index (χ3v) is 3.87. The van der Waals surface area contributed by atoms with E-state index in [4.69, 9.17) is 9.47 Å². The molecule has 1 amide bonds. The molecule has 1 saturated heterocycles. The maximum atomic E-state index is 12.4. The largest absolute Gasteiger partial charge is 0.434 e. The van der Waals surface area contributed by atoms with Gasteiger partial charge >= 0.3 is 5.97 Å². The SMILES string of the molecule is C=Cc1ccc(C(=O)N[C@H]2C(OC(C)=O)O[C@H](CO)[C@@H](O)[C@@H]2O)cc1. The molecular weight excluding hydrogens is 330 g/mol. The van der Waals surface area contributed by atoms with Crippen LogP contribution >= 0.6 is 0 Å². The summed E-state index contributed by atoms with van der Waals surface area (Å²) < 4.78 is 10.2. The van der Waals surface area contributed by atoms with Crippen LogP contribution in [-0.4, -0.2) is 64.4 Å². The fraction of sp³-hybridized carbons (Fsp3) is 0.412. The van der Waals surface area contributed by atoms with Crippen molar-refractivity contribution in [3.8, 4) is 0 Å². The molecule has 0 radical (unpaired) electrons. The summed E-state index contributed by atoms with van der Waals surface area (Å²) in [6, 6.07) is 5.31. The van der Waals surface area contributed by atoms with Crippen LogP contribution in [0, 0.1) is 0 Å². The molecule has 1 aliphatic heterocycles. The molecule has 1 aliphatic rings. The molecule has 1 aromatic rings. The number of benzene rings is 1. The molecule has 5 atom stereocenters. The summed E-state index contributed by atoms with van der Waals surface area (Å²) in [5.74, 6) is -1.24. The lowest BCUT2D eigenvalue weighted by Gasteiger charge is -2.41. The first kappa shape index (κ1) is 19.1. The highest BCUT2D eigenvalue weighted by Crippen LogP contribution is 2.22. The van der Waals surface area contributed by atoms with Gasteiger partial charge in [0.2, 0.25) is 6.29 Å². The van der Waals surface area contributed by atoms with Crippen LogP contribution in [-0.2, 0) is 14.3 Å². The fourth-order valence-corrected chi connectivity index (χ4v) is 2.51. The maximum absolute atomic E-state index is 12.4. The molecule has 1 unspecified atom stereocenters. The number of carbonyl (C=O) groups is 2. The molecule has 8 nitrogen and oxygen atoms in total. The number of esters is 1. The van der Waals surface area contributed by atoms with Gasteiger partial charge in [-0.3, -0.25) is 9.59 Å². The third kappa shape index (κ3) is 4.43. The van der Waals surface area contributed by atoms with Crippen LogP contribution in [0.15, 0.2) is 30.8 Å². The molecule has 0 saturated carbocycles. The lowest BCUT2D eigenvalue weighted by atomic mass is 9.96. The number of hydrogen-bond donors (Lipinski definition) is 4. The van der Waals surface area contributed by atoms with E-state index in [1.165, 1.54) is 0 Å². The zero-order chi connectivity index (χ0) is 18.6. The molecule has 2 rings (SSSR count). The molecule has 4 N–H and O–H groups in total. The summed E-state index contributed by atoms with van der Waals surface area (Å²) in [4.78, 5) is 23.6. The topological polar surface area (TPSA) is 125 Å². The highest BCUT2D eigenvalue weighted by molar-refractivity contribution is 5.94. The van der Waals surface area contributed by atoms with E-state index in [1.54, 1.807) is 30.3 Å². The van der Waals surface area contributed by atoms with Crippen molar-refractivity contribution in [2.45, 2.75) is 37.6 Å². The van der Waals surface area contributed by atoms with E-state index in [1.807, 2.05) is 0 Å². The smallest absolute Gasteiger partial charge is 0.305 e. The van der Waals surface area contributed by atoms with E-state index in [-0.39, 0.29) is 0 Å². The lowest BCUT2D eigenvalue weighted by Crippen LogP contribution is -2.65. The summed E-state index contributed by atoms with van der Waals surface area (Å²) in [6.45, 7) is 4.18. The summed E-state index contributed by atoms with van der Waals surface area (Å²) in [6.07, 6.45) is -3.80. The Kier molecular flexibility index (Phi) is 6.27. The number of aliphatic hydroxyl groups is 3. The second-order valence-corrected chi connectivity index (χ2v) is 5.64. The average Bonchev–Trinajstić information content (AvgIpc) is 2.60. The Balaban J connectivity index is 2.18. The van der Waals surface area contributed by atoms with Crippen molar-refractivity contribution in [2.75, 3.05) is 6.61 Å². The zero-order valence-corrected chi connectivity index (χ0v) is 13.7. The van der Waals surface area contributed by atoms with E-state index in [0.717, 1.165) is 12.5 Å². The van der Waals surface area contributed by atoms with Crippen LogP contribution < -0.4 is 5.32 Å². The molecule has 1 fully saturated rings. The summed E-state index contributed by atoms with van der Waals surface area (Å²) in [5.41, 5.74) is 1.13. The number of hydrogen-bond acceptors (Lipinski definition) is 7. The van der Waals surface area contributed by atoms with Gasteiger partial charge in [0.1, 0.15) is 24.4 Å². The first-order valence-electron chi connectivity index (χ1n) is 7.70. The van der Waals surface area contributed by atoms with E-state index in [2.05, 4.69) is 11.9 Å². The molecule has 0 aliphatic carbocycles. The van der Waals surface area contributed by atoms with E-state index < -0.39 is 49.1 Å². The van der Waals surface area contributed by atoms with E-state index in [0.29, 0.717) is 5.56 Å². The minimum atomic E-state index is -1.49. The molecule has 1 heterocycles. The van der Waals surface area contributed by atoms with Crippen LogP contribution in [0.25, 0.3) is 6.08 Å². The normalized spacial score (nSPS) is 28.9. The first-order chi connectivity index (χ1) is 11.9. The zero-order valence-electron chi connectivity index (χ0n) is 13.7. The van der Waals surface area contributed by atoms with Crippen LogP contribution in [0.2, 0.25) is 0 Å². The molecule has 25 heavy (non-hydrogen) atoms. The minimum absolute atomic E-state index is 0.304. The van der Waals surface area contributed by atoms with E-state index in [9.17, 15) is 24.9 Å². The number of carbonyl (C=O) groups excluding carboxylic acids is 2. The summed E-state index contributed by atoms with van der Waals surface area (Å²) in [5, 5.41) is 31.9. The van der Waals surface area contributed by atoms with Crippen molar-refractivity contribution in [3.63, 3.8) is 0 Å². The highest BCUT2D eigenvalue weighted by atomic mass is 16.7. The Hall–Kier alpha value is -2.26. The van der Waals surface area contributed by atoms with Gasteiger partial charge in [0.05, 0.1) is 6.61 Å². The predicted molar refractivity (Wildman–Crippen MR) is 87.3 cm³/mol. The maximum Gasteiger partial charge on any atom is 0.305 e. The van der Waals surface area contributed by atoms with Crippen molar-refractivity contribution in [1.29, 1.82) is 0 Å². The van der Waals surface area contributed by atoms with Crippen molar-refractivity contribution in [1.82, 2.24) is 5.32 Å².